The molecule has 0 radical (unpaired) electrons. The Morgan fingerprint density at radius 2 is 1.63 bits per heavy atom. The lowest BCUT2D eigenvalue weighted by molar-refractivity contribution is 0.112. The van der Waals surface area contributed by atoms with Crippen molar-refractivity contribution in [2.75, 3.05) is 7.11 Å². The maximum atomic E-state index is 13.7. The minimum atomic E-state index is -0.951. The molecule has 2 aromatic carbocycles. The van der Waals surface area contributed by atoms with Gasteiger partial charge in [0.05, 0.1) is 7.11 Å². The van der Waals surface area contributed by atoms with Crippen molar-refractivity contribution in [3.8, 4) is 17.2 Å². The van der Waals surface area contributed by atoms with Crippen LogP contribution in [0.3, 0.4) is 0 Å². The third-order valence-electron chi connectivity index (χ3n) is 2.44. The van der Waals surface area contributed by atoms with Gasteiger partial charge in [-0.2, -0.15) is 0 Å². The van der Waals surface area contributed by atoms with Crippen molar-refractivity contribution in [2.45, 2.75) is 0 Å². The molecule has 0 heterocycles. The Kier molecular flexibility index (Phi) is 3.75. The van der Waals surface area contributed by atoms with Crippen molar-refractivity contribution < 1.29 is 23.0 Å². The summed E-state index contributed by atoms with van der Waals surface area (Å²) in [5.74, 6) is -1.95. The Balaban J connectivity index is 2.41. The third-order valence-corrected chi connectivity index (χ3v) is 2.44. The summed E-state index contributed by atoms with van der Waals surface area (Å²) < 4.78 is 37.5. The van der Waals surface area contributed by atoms with Crippen LogP contribution in [0.25, 0.3) is 0 Å². The van der Waals surface area contributed by atoms with E-state index < -0.39 is 17.4 Å². The lowest BCUT2D eigenvalue weighted by Gasteiger charge is -2.11. The van der Waals surface area contributed by atoms with E-state index in [-0.39, 0.29) is 11.3 Å². The molecule has 0 spiro atoms. The van der Waals surface area contributed by atoms with Crippen LogP contribution in [0.5, 0.6) is 17.2 Å². The molecule has 2 aromatic rings. The van der Waals surface area contributed by atoms with E-state index in [0.717, 1.165) is 12.1 Å². The first kappa shape index (κ1) is 13.0. The van der Waals surface area contributed by atoms with E-state index in [1.54, 1.807) is 18.2 Å². The zero-order valence-corrected chi connectivity index (χ0v) is 10.0. The lowest BCUT2D eigenvalue weighted by Crippen LogP contribution is -1.96. The molecule has 0 saturated carbocycles. The molecule has 0 atom stereocenters. The lowest BCUT2D eigenvalue weighted by atomic mass is 10.2. The normalized spacial score (nSPS) is 10.1. The Morgan fingerprint density at radius 1 is 1.05 bits per heavy atom. The van der Waals surface area contributed by atoms with Gasteiger partial charge in [0.1, 0.15) is 6.29 Å². The summed E-state index contributed by atoms with van der Waals surface area (Å²) >= 11 is 0. The molecule has 0 saturated heterocycles. The zero-order valence-electron chi connectivity index (χ0n) is 10.0. The molecule has 0 bridgehead atoms. The number of ether oxygens (including phenoxy) is 2. The van der Waals surface area contributed by atoms with Crippen molar-refractivity contribution in [3.05, 3.63) is 53.6 Å². The molecule has 0 fully saturated rings. The maximum Gasteiger partial charge on any atom is 0.198 e. The molecule has 98 valence electrons. The summed E-state index contributed by atoms with van der Waals surface area (Å²) in [4.78, 5) is 10.5. The number of hydrogen-bond donors (Lipinski definition) is 0. The standard InChI is InChI=1S/C14H10F2O3/c1-18-12-4-2-3-5-13(12)19-14-10(15)6-9(8-17)7-11(14)16/h2-8H,1H3. The molecule has 0 amide bonds. The van der Waals surface area contributed by atoms with Crippen LogP contribution >= 0.6 is 0 Å². The number of carbonyl (C=O) groups excluding carboxylic acids is 1. The molecule has 2 rings (SSSR count). The van der Waals surface area contributed by atoms with Crippen LogP contribution in [0, 0.1) is 11.6 Å². The summed E-state index contributed by atoms with van der Waals surface area (Å²) in [5, 5.41) is 0. The van der Waals surface area contributed by atoms with Crippen molar-refractivity contribution >= 4 is 6.29 Å². The van der Waals surface area contributed by atoms with Crippen molar-refractivity contribution in [3.63, 3.8) is 0 Å². The summed E-state index contributed by atoms with van der Waals surface area (Å²) in [7, 11) is 1.42. The largest absolute Gasteiger partial charge is 0.493 e. The van der Waals surface area contributed by atoms with E-state index in [0.29, 0.717) is 12.0 Å². The molecular weight excluding hydrogens is 254 g/mol. The summed E-state index contributed by atoms with van der Waals surface area (Å²) in [5.41, 5.74) is -0.0950. The fraction of sp³-hybridized carbons (Fsp3) is 0.0714. The molecule has 0 aromatic heterocycles. The van der Waals surface area contributed by atoms with Gasteiger partial charge < -0.3 is 9.47 Å². The first-order chi connectivity index (χ1) is 9.15. The second kappa shape index (κ2) is 5.48. The van der Waals surface area contributed by atoms with Gasteiger partial charge in [-0.05, 0) is 24.3 Å². The Bertz CT molecular complexity index is 588. The number of rotatable bonds is 4. The van der Waals surface area contributed by atoms with Gasteiger partial charge >= 0.3 is 0 Å². The predicted octanol–water partition coefficient (Wildman–Crippen LogP) is 3.58. The van der Waals surface area contributed by atoms with E-state index >= 15 is 0 Å². The average Bonchev–Trinajstić information content (AvgIpc) is 2.43. The number of aldehydes is 1. The SMILES string of the molecule is COc1ccccc1Oc1c(F)cc(C=O)cc1F. The van der Waals surface area contributed by atoms with Gasteiger partial charge in [-0.3, -0.25) is 4.79 Å². The fourth-order valence-corrected chi connectivity index (χ4v) is 1.56. The highest BCUT2D eigenvalue weighted by Gasteiger charge is 2.15. The fourth-order valence-electron chi connectivity index (χ4n) is 1.56. The van der Waals surface area contributed by atoms with Crippen LogP contribution in [0.15, 0.2) is 36.4 Å². The third kappa shape index (κ3) is 2.70. The summed E-state index contributed by atoms with van der Waals surface area (Å²) in [6, 6.07) is 8.28. The van der Waals surface area contributed by atoms with E-state index in [2.05, 4.69) is 0 Å². The van der Waals surface area contributed by atoms with E-state index in [1.165, 1.54) is 13.2 Å². The Hall–Kier alpha value is -2.43. The van der Waals surface area contributed by atoms with Gasteiger partial charge in [-0.1, -0.05) is 12.1 Å². The number of methoxy groups -OCH3 is 1. The summed E-state index contributed by atoms with van der Waals surface area (Å²) in [6.45, 7) is 0. The Labute approximate surface area is 108 Å². The van der Waals surface area contributed by atoms with E-state index in [4.69, 9.17) is 9.47 Å². The molecular formula is C14H10F2O3. The first-order valence-electron chi connectivity index (χ1n) is 5.41. The first-order valence-corrected chi connectivity index (χ1v) is 5.41. The van der Waals surface area contributed by atoms with Crippen molar-refractivity contribution in [1.29, 1.82) is 0 Å². The smallest absolute Gasteiger partial charge is 0.198 e. The Morgan fingerprint density at radius 3 is 2.16 bits per heavy atom. The quantitative estimate of drug-likeness (QED) is 0.792. The molecule has 0 unspecified atom stereocenters. The second-order valence-electron chi connectivity index (χ2n) is 3.68. The van der Waals surface area contributed by atoms with Crippen LogP contribution in [-0.4, -0.2) is 13.4 Å². The van der Waals surface area contributed by atoms with E-state index in [9.17, 15) is 13.6 Å². The highest BCUT2D eigenvalue weighted by molar-refractivity contribution is 5.75. The molecule has 19 heavy (non-hydrogen) atoms. The van der Waals surface area contributed by atoms with Crippen LogP contribution in [0.1, 0.15) is 10.4 Å². The zero-order chi connectivity index (χ0) is 13.8. The summed E-state index contributed by atoms with van der Waals surface area (Å²) in [6.07, 6.45) is 0.360. The van der Waals surface area contributed by atoms with Crippen LogP contribution in [0.4, 0.5) is 8.78 Å². The topological polar surface area (TPSA) is 35.5 Å². The van der Waals surface area contributed by atoms with Gasteiger partial charge in [-0.15, -0.1) is 0 Å². The number of para-hydroxylation sites is 2. The molecule has 3 nitrogen and oxygen atoms in total. The number of hydrogen-bond acceptors (Lipinski definition) is 3. The van der Waals surface area contributed by atoms with Crippen LogP contribution in [0.2, 0.25) is 0 Å². The number of benzene rings is 2. The van der Waals surface area contributed by atoms with Gasteiger partial charge in [0.15, 0.2) is 28.9 Å². The monoisotopic (exact) mass is 264 g/mol. The number of carbonyl (C=O) groups is 1. The molecule has 0 aliphatic rings. The van der Waals surface area contributed by atoms with Gasteiger partial charge in [0, 0.05) is 5.56 Å². The molecule has 0 aliphatic heterocycles. The second-order valence-corrected chi connectivity index (χ2v) is 3.68. The van der Waals surface area contributed by atoms with Crippen molar-refractivity contribution in [2.24, 2.45) is 0 Å². The van der Waals surface area contributed by atoms with Crippen LogP contribution in [-0.2, 0) is 0 Å². The minimum Gasteiger partial charge on any atom is -0.493 e. The number of halogens is 2. The minimum absolute atomic E-state index is 0.0950. The van der Waals surface area contributed by atoms with E-state index in [1.807, 2.05) is 0 Å². The predicted molar refractivity (Wildman–Crippen MR) is 64.8 cm³/mol. The highest BCUT2D eigenvalue weighted by Crippen LogP contribution is 2.34. The van der Waals surface area contributed by atoms with Gasteiger partial charge in [-0.25, -0.2) is 8.78 Å². The van der Waals surface area contributed by atoms with Gasteiger partial charge in [0.25, 0.3) is 0 Å². The molecule has 5 heteroatoms. The molecule has 0 N–H and O–H groups in total. The van der Waals surface area contributed by atoms with Crippen LogP contribution < -0.4 is 9.47 Å². The molecule has 0 aliphatic carbocycles. The maximum absolute atomic E-state index is 13.7. The average molecular weight is 264 g/mol. The van der Waals surface area contributed by atoms with Gasteiger partial charge in [0.2, 0.25) is 0 Å². The highest BCUT2D eigenvalue weighted by atomic mass is 19.1. The van der Waals surface area contributed by atoms with Crippen molar-refractivity contribution in [1.82, 2.24) is 0 Å².